The van der Waals surface area contributed by atoms with Crippen LogP contribution in [0, 0.1) is 5.82 Å². The van der Waals surface area contributed by atoms with Gasteiger partial charge in [0.15, 0.2) is 0 Å². The fourth-order valence-electron chi connectivity index (χ4n) is 3.64. The molecule has 2 N–H and O–H groups in total. The van der Waals surface area contributed by atoms with Crippen LogP contribution in [-0.2, 0) is 17.9 Å². The van der Waals surface area contributed by atoms with Gasteiger partial charge < -0.3 is 15.0 Å². The van der Waals surface area contributed by atoms with Gasteiger partial charge in [0.2, 0.25) is 5.91 Å². The van der Waals surface area contributed by atoms with Crippen molar-refractivity contribution in [1.82, 2.24) is 4.57 Å². The van der Waals surface area contributed by atoms with E-state index < -0.39 is 5.91 Å². The molecule has 0 aliphatic carbocycles. The topological polar surface area (TPSA) is 57.2 Å². The predicted octanol–water partition coefficient (Wildman–Crippen LogP) is 4.99. The molecule has 6 heteroatoms. The van der Waals surface area contributed by atoms with Gasteiger partial charge in [-0.3, -0.25) is 4.79 Å². The lowest BCUT2D eigenvalue weighted by Gasteiger charge is -2.10. The Morgan fingerprint density at radius 3 is 2.68 bits per heavy atom. The second-order valence-electron chi connectivity index (χ2n) is 6.67. The highest BCUT2D eigenvalue weighted by Crippen LogP contribution is 2.33. The first kappa shape index (κ1) is 18.7. The number of hydrogen-bond donors (Lipinski definition) is 1. The number of primary amides is 1. The molecule has 0 atom stereocenters. The fraction of sp³-hybridized carbons (Fsp3) is 0.136. The third-order valence-corrected chi connectivity index (χ3v) is 5.37. The smallest absolute Gasteiger partial charge is 0.249 e. The van der Waals surface area contributed by atoms with E-state index in [9.17, 15) is 9.18 Å². The van der Waals surface area contributed by atoms with Crippen molar-refractivity contribution in [2.24, 2.45) is 5.73 Å². The van der Waals surface area contributed by atoms with Crippen molar-refractivity contribution in [3.05, 3.63) is 81.6 Å². The van der Waals surface area contributed by atoms with E-state index in [-0.39, 0.29) is 5.82 Å². The summed E-state index contributed by atoms with van der Waals surface area (Å²) in [6.45, 7) is 0.796. The lowest BCUT2D eigenvalue weighted by atomic mass is 10.0. The van der Waals surface area contributed by atoms with E-state index in [0.29, 0.717) is 28.8 Å². The van der Waals surface area contributed by atoms with E-state index in [1.54, 1.807) is 25.3 Å². The van der Waals surface area contributed by atoms with E-state index in [4.69, 9.17) is 10.5 Å². The Kier molecular flexibility index (Phi) is 4.91. The van der Waals surface area contributed by atoms with Gasteiger partial charge in [-0.15, -0.1) is 0 Å². The highest BCUT2D eigenvalue weighted by atomic mass is 79.9. The Morgan fingerprint density at radius 1 is 1.14 bits per heavy atom. The van der Waals surface area contributed by atoms with Crippen LogP contribution in [-0.4, -0.2) is 17.6 Å². The molecule has 4 rings (SSSR count). The largest absolute Gasteiger partial charge is 0.380 e. The number of aromatic nitrogens is 1. The fourth-order valence-corrected chi connectivity index (χ4v) is 3.98. The monoisotopic (exact) mass is 440 g/mol. The first-order chi connectivity index (χ1) is 13.5. The van der Waals surface area contributed by atoms with Crippen LogP contribution in [0.4, 0.5) is 4.39 Å². The zero-order valence-electron chi connectivity index (χ0n) is 15.2. The van der Waals surface area contributed by atoms with Crippen LogP contribution in [0.2, 0.25) is 0 Å². The van der Waals surface area contributed by atoms with E-state index in [0.717, 1.165) is 27.4 Å². The number of fused-ring (bicyclic) bond motifs is 3. The minimum Gasteiger partial charge on any atom is -0.380 e. The highest BCUT2D eigenvalue weighted by molar-refractivity contribution is 9.10. The van der Waals surface area contributed by atoms with Crippen molar-refractivity contribution >= 4 is 43.6 Å². The maximum Gasteiger partial charge on any atom is 0.249 e. The molecule has 0 spiro atoms. The summed E-state index contributed by atoms with van der Waals surface area (Å²) in [5.41, 5.74) is 9.37. The molecule has 0 fully saturated rings. The molecular weight excluding hydrogens is 423 g/mol. The SMILES string of the molecule is COCc1ccc2c3c(C(N)=O)cccc3n(Cc3ccc(Br)cc3F)c2c1. The van der Waals surface area contributed by atoms with E-state index >= 15 is 0 Å². The van der Waals surface area contributed by atoms with Gasteiger partial charge in [0.05, 0.1) is 18.7 Å². The summed E-state index contributed by atoms with van der Waals surface area (Å²) in [5, 5.41) is 1.69. The normalized spacial score (nSPS) is 11.4. The van der Waals surface area contributed by atoms with Gasteiger partial charge in [0, 0.05) is 39.0 Å². The van der Waals surface area contributed by atoms with Crippen molar-refractivity contribution in [2.45, 2.75) is 13.2 Å². The van der Waals surface area contributed by atoms with Gasteiger partial charge >= 0.3 is 0 Å². The first-order valence-corrected chi connectivity index (χ1v) is 9.55. The van der Waals surface area contributed by atoms with Crippen LogP contribution in [0.25, 0.3) is 21.8 Å². The van der Waals surface area contributed by atoms with Crippen molar-refractivity contribution in [3.63, 3.8) is 0 Å². The molecule has 1 aromatic heterocycles. The van der Waals surface area contributed by atoms with Gasteiger partial charge in [-0.25, -0.2) is 4.39 Å². The molecule has 0 unspecified atom stereocenters. The summed E-state index contributed by atoms with van der Waals surface area (Å²) < 4.78 is 22.5. The number of carbonyl (C=O) groups is 1. The summed E-state index contributed by atoms with van der Waals surface area (Å²) in [4.78, 5) is 12.0. The zero-order valence-corrected chi connectivity index (χ0v) is 16.8. The number of nitrogens with zero attached hydrogens (tertiary/aromatic N) is 1. The van der Waals surface area contributed by atoms with Crippen LogP contribution in [0.3, 0.4) is 0 Å². The average Bonchev–Trinajstić information content (AvgIpc) is 2.97. The third kappa shape index (κ3) is 3.19. The van der Waals surface area contributed by atoms with Crippen LogP contribution in [0.5, 0.6) is 0 Å². The van der Waals surface area contributed by atoms with Crippen molar-refractivity contribution in [2.75, 3.05) is 7.11 Å². The quantitative estimate of drug-likeness (QED) is 0.475. The number of ether oxygens (including phenoxy) is 1. The zero-order chi connectivity index (χ0) is 19.8. The summed E-state index contributed by atoms with van der Waals surface area (Å²) in [7, 11) is 1.64. The first-order valence-electron chi connectivity index (χ1n) is 8.76. The molecule has 3 aromatic carbocycles. The molecule has 0 saturated carbocycles. The van der Waals surface area contributed by atoms with Gasteiger partial charge in [-0.2, -0.15) is 0 Å². The second-order valence-corrected chi connectivity index (χ2v) is 7.59. The summed E-state index contributed by atoms with van der Waals surface area (Å²) >= 11 is 3.29. The molecule has 0 bridgehead atoms. The van der Waals surface area contributed by atoms with E-state index in [1.807, 2.05) is 34.9 Å². The Labute approximate surface area is 169 Å². The van der Waals surface area contributed by atoms with Crippen molar-refractivity contribution < 1.29 is 13.9 Å². The predicted molar refractivity (Wildman–Crippen MR) is 112 cm³/mol. The summed E-state index contributed by atoms with van der Waals surface area (Å²) in [6.07, 6.45) is 0. The third-order valence-electron chi connectivity index (χ3n) is 4.88. The highest BCUT2D eigenvalue weighted by Gasteiger charge is 2.17. The minimum absolute atomic E-state index is 0.288. The molecule has 4 nitrogen and oxygen atoms in total. The minimum atomic E-state index is -0.486. The van der Waals surface area contributed by atoms with Gasteiger partial charge in [0.1, 0.15) is 5.82 Å². The maximum atomic E-state index is 14.5. The lowest BCUT2D eigenvalue weighted by Crippen LogP contribution is -2.11. The molecular formula is C22H18BrFN2O2. The number of methoxy groups -OCH3 is 1. The van der Waals surface area contributed by atoms with Gasteiger partial charge in [0.25, 0.3) is 0 Å². The Bertz CT molecular complexity index is 1220. The number of rotatable bonds is 5. The molecule has 0 aliphatic rings. The Balaban J connectivity index is 2.02. The standard InChI is InChI=1S/C22H18BrFN2O2/c1-28-12-13-5-8-16-20(9-13)26(11-14-6-7-15(23)10-18(14)24)19-4-2-3-17(21(16)19)22(25)27/h2-10H,11-12H2,1H3,(H2,25,27). The van der Waals surface area contributed by atoms with Gasteiger partial charge in [-0.1, -0.05) is 40.2 Å². The van der Waals surface area contributed by atoms with Crippen LogP contribution < -0.4 is 5.73 Å². The summed E-state index contributed by atoms with van der Waals surface area (Å²) in [5.74, 6) is -0.774. The molecule has 1 amide bonds. The van der Waals surface area contributed by atoms with E-state index in [1.165, 1.54) is 6.07 Å². The average molecular weight is 441 g/mol. The number of carbonyl (C=O) groups excluding carboxylic acids is 1. The lowest BCUT2D eigenvalue weighted by molar-refractivity contribution is 0.100. The van der Waals surface area contributed by atoms with Crippen molar-refractivity contribution in [1.29, 1.82) is 0 Å². The molecule has 1 heterocycles. The molecule has 28 heavy (non-hydrogen) atoms. The summed E-state index contributed by atoms with van der Waals surface area (Å²) in [6, 6.07) is 16.4. The Hall–Kier alpha value is -2.70. The molecule has 0 saturated heterocycles. The molecule has 142 valence electrons. The van der Waals surface area contributed by atoms with Gasteiger partial charge in [-0.05, 0) is 35.9 Å². The molecule has 0 radical (unpaired) electrons. The van der Waals surface area contributed by atoms with Crippen LogP contribution in [0.15, 0.2) is 59.1 Å². The van der Waals surface area contributed by atoms with Crippen molar-refractivity contribution in [3.8, 4) is 0 Å². The maximum absolute atomic E-state index is 14.5. The number of hydrogen-bond acceptors (Lipinski definition) is 2. The number of amides is 1. The second kappa shape index (κ2) is 7.37. The Morgan fingerprint density at radius 2 is 1.96 bits per heavy atom. The van der Waals surface area contributed by atoms with Crippen LogP contribution in [0.1, 0.15) is 21.5 Å². The molecule has 0 aliphatic heterocycles. The van der Waals surface area contributed by atoms with E-state index in [2.05, 4.69) is 15.9 Å². The molecule has 4 aromatic rings. The number of benzene rings is 3. The van der Waals surface area contributed by atoms with Crippen LogP contribution >= 0.6 is 15.9 Å². The number of nitrogens with two attached hydrogens (primary N) is 1. The number of halogens is 2.